The molecular weight excluding hydrogens is 496 g/mol. The van der Waals surface area contributed by atoms with E-state index < -0.39 is 60.8 Å². The van der Waals surface area contributed by atoms with E-state index in [0.29, 0.717) is 11.1 Å². The maximum atomic E-state index is 12.9. The van der Waals surface area contributed by atoms with E-state index in [0.717, 1.165) is 0 Å². The number of carbonyl (C=O) groups is 4. The summed E-state index contributed by atoms with van der Waals surface area (Å²) in [4.78, 5) is 43.7. The van der Waals surface area contributed by atoms with E-state index in [2.05, 4.69) is 9.47 Å². The second kappa shape index (κ2) is 9.42. The number of esters is 4. The Morgan fingerprint density at radius 1 is 0.500 bits per heavy atom. The Morgan fingerprint density at radius 3 is 1.06 bits per heavy atom. The molecule has 0 saturated carbocycles. The van der Waals surface area contributed by atoms with E-state index in [1.54, 1.807) is 24.3 Å². The molecular formula is C18H12F8O8. The predicted molar refractivity (Wildman–Crippen MR) is 88.7 cm³/mol. The maximum Gasteiger partial charge on any atom is 0.411 e. The summed E-state index contributed by atoms with van der Waals surface area (Å²) in [5.74, 6) is -33.4. The lowest BCUT2D eigenvalue weighted by Gasteiger charge is -2.35. The molecule has 4 rings (SSSR count). The number of fused-ring (bicyclic) bond motifs is 7. The van der Waals surface area contributed by atoms with E-state index in [9.17, 15) is 54.3 Å². The predicted octanol–water partition coefficient (Wildman–Crippen LogP) is 2.64. The van der Waals surface area contributed by atoms with Gasteiger partial charge in [0.15, 0.2) is 0 Å². The van der Waals surface area contributed by atoms with E-state index >= 15 is 0 Å². The van der Waals surface area contributed by atoms with Gasteiger partial charge in [-0.1, -0.05) is 0 Å². The molecule has 0 aliphatic carbocycles. The van der Waals surface area contributed by atoms with Crippen LogP contribution in [0.2, 0.25) is 0 Å². The zero-order valence-electron chi connectivity index (χ0n) is 16.4. The van der Waals surface area contributed by atoms with Crippen LogP contribution >= 0.6 is 0 Å². The fourth-order valence-corrected chi connectivity index (χ4v) is 2.28. The summed E-state index contributed by atoms with van der Waals surface area (Å²) < 4.78 is 120. The minimum absolute atomic E-state index is 0.100. The van der Waals surface area contributed by atoms with Crippen LogP contribution in [0.25, 0.3) is 0 Å². The van der Waals surface area contributed by atoms with E-state index in [4.69, 9.17) is 9.47 Å². The van der Waals surface area contributed by atoms with Crippen LogP contribution in [0.5, 0.6) is 0 Å². The highest BCUT2D eigenvalue weighted by Crippen LogP contribution is 2.53. The van der Waals surface area contributed by atoms with Crippen molar-refractivity contribution in [2.45, 2.75) is 23.7 Å². The van der Waals surface area contributed by atoms with Crippen LogP contribution in [-0.2, 0) is 28.5 Å². The first-order valence-corrected chi connectivity index (χ1v) is 8.87. The maximum absolute atomic E-state index is 12.9. The van der Waals surface area contributed by atoms with Gasteiger partial charge in [-0.3, -0.25) is 0 Å². The molecule has 3 aliphatic rings. The molecule has 16 heteroatoms. The lowest BCUT2D eigenvalue weighted by atomic mass is 9.98. The van der Waals surface area contributed by atoms with Crippen LogP contribution < -0.4 is 0 Å². The summed E-state index contributed by atoms with van der Waals surface area (Å²) in [7, 11) is 0. The number of halogens is 8. The molecule has 1 fully saturated rings. The smallest absolute Gasteiger partial charge is 0.411 e. The van der Waals surface area contributed by atoms with Crippen LogP contribution in [0.3, 0.4) is 0 Å². The molecule has 34 heavy (non-hydrogen) atoms. The average molecular weight is 508 g/mol. The molecule has 0 N–H and O–H groups in total. The first-order valence-electron chi connectivity index (χ1n) is 8.87. The molecule has 3 aliphatic heterocycles. The third-order valence-electron chi connectivity index (χ3n) is 4.15. The molecule has 0 spiro atoms. The van der Waals surface area contributed by atoms with Crippen LogP contribution in [0, 0.1) is 0 Å². The van der Waals surface area contributed by atoms with Crippen molar-refractivity contribution >= 4 is 23.9 Å². The fraction of sp³-hybridized carbons (Fsp3) is 0.444. The SMILES string of the molecule is O=C1OCCOC(=O)C(F)(F)C(F)(F)C(F)(F)C1(F)F.O=C1OCCOC(=O)c2ccc1cc2. The normalized spacial score (nSPS) is 23.2. The van der Waals surface area contributed by atoms with E-state index in [1.165, 1.54) is 0 Å². The summed E-state index contributed by atoms with van der Waals surface area (Å²) in [6.45, 7) is -2.36. The highest BCUT2D eigenvalue weighted by molar-refractivity contribution is 5.93. The van der Waals surface area contributed by atoms with Gasteiger partial charge in [0.25, 0.3) is 0 Å². The van der Waals surface area contributed by atoms with Crippen molar-refractivity contribution in [2.75, 3.05) is 26.4 Å². The minimum Gasteiger partial charge on any atom is -0.458 e. The van der Waals surface area contributed by atoms with Gasteiger partial charge in [0.1, 0.15) is 26.4 Å². The first kappa shape index (κ1) is 26.8. The van der Waals surface area contributed by atoms with Crippen LogP contribution in [0.1, 0.15) is 20.7 Å². The minimum atomic E-state index is -6.88. The van der Waals surface area contributed by atoms with Crippen molar-refractivity contribution < 1.29 is 73.2 Å². The van der Waals surface area contributed by atoms with Crippen molar-refractivity contribution in [1.82, 2.24) is 0 Å². The molecule has 0 amide bonds. The molecule has 0 aromatic heterocycles. The van der Waals surface area contributed by atoms with Gasteiger partial charge >= 0.3 is 47.6 Å². The number of hydrogen-bond donors (Lipinski definition) is 0. The Morgan fingerprint density at radius 2 is 0.765 bits per heavy atom. The van der Waals surface area contributed by atoms with Crippen LogP contribution in [0.4, 0.5) is 35.1 Å². The average Bonchev–Trinajstić information content (AvgIpc) is 2.78. The molecule has 1 aromatic carbocycles. The summed E-state index contributed by atoms with van der Waals surface area (Å²) in [5, 5.41) is 0. The fourth-order valence-electron chi connectivity index (χ4n) is 2.28. The van der Waals surface area contributed by atoms with Crippen LogP contribution in [-0.4, -0.2) is 74.0 Å². The summed E-state index contributed by atoms with van der Waals surface area (Å²) in [6.07, 6.45) is 0. The first-order chi connectivity index (χ1) is 15.6. The Kier molecular flexibility index (Phi) is 7.42. The van der Waals surface area contributed by atoms with E-state index in [-0.39, 0.29) is 13.2 Å². The topological polar surface area (TPSA) is 105 Å². The Labute approximate surface area is 183 Å². The van der Waals surface area contributed by atoms with Crippen molar-refractivity contribution in [2.24, 2.45) is 0 Å². The molecule has 0 radical (unpaired) electrons. The van der Waals surface area contributed by atoms with Gasteiger partial charge < -0.3 is 18.9 Å². The molecule has 2 bridgehead atoms. The third kappa shape index (κ3) is 4.75. The van der Waals surface area contributed by atoms with Gasteiger partial charge in [-0.15, -0.1) is 0 Å². The molecule has 1 saturated heterocycles. The number of hydrogen-bond acceptors (Lipinski definition) is 8. The Hall–Kier alpha value is -3.46. The lowest BCUT2D eigenvalue weighted by Crippen LogP contribution is -2.67. The standard InChI is InChI=1S/C10H8O4.C8H4F8O4/c11-9-7-1-2-8(4-3-7)10(12)14-6-5-13-9;9-5(10)3(17)19-1-2-20-4(18)6(11,12)8(15,16)7(5,13)14/h1-4H,5-6H2;1-2H2. The number of ether oxygens (including phenoxy) is 4. The van der Waals surface area contributed by atoms with Gasteiger partial charge in [-0.05, 0) is 24.3 Å². The number of cyclic esters (lactones) is 2. The zero-order chi connectivity index (χ0) is 25.9. The van der Waals surface area contributed by atoms with Crippen molar-refractivity contribution in [1.29, 1.82) is 0 Å². The van der Waals surface area contributed by atoms with Gasteiger partial charge in [-0.25, -0.2) is 19.2 Å². The van der Waals surface area contributed by atoms with Crippen molar-refractivity contribution in [3.8, 4) is 0 Å². The highest BCUT2D eigenvalue weighted by Gasteiger charge is 2.85. The highest BCUT2D eigenvalue weighted by atomic mass is 19.4. The second-order valence-corrected chi connectivity index (χ2v) is 6.42. The summed E-state index contributed by atoms with van der Waals surface area (Å²) >= 11 is 0. The summed E-state index contributed by atoms with van der Waals surface area (Å²) in [5.41, 5.74) is 0.895. The van der Waals surface area contributed by atoms with Gasteiger partial charge in [0, 0.05) is 0 Å². The lowest BCUT2D eigenvalue weighted by molar-refractivity contribution is -0.356. The Balaban J connectivity index is 0.000000254. The molecule has 3 heterocycles. The van der Waals surface area contributed by atoms with Crippen LogP contribution in [0.15, 0.2) is 24.3 Å². The van der Waals surface area contributed by atoms with Gasteiger partial charge in [-0.2, -0.15) is 35.1 Å². The molecule has 188 valence electrons. The Bertz CT molecular complexity index is 884. The zero-order valence-corrected chi connectivity index (χ0v) is 16.4. The molecule has 0 atom stereocenters. The molecule has 1 aromatic rings. The number of carbonyl (C=O) groups excluding carboxylic acids is 4. The van der Waals surface area contributed by atoms with Crippen molar-refractivity contribution in [3.63, 3.8) is 0 Å². The van der Waals surface area contributed by atoms with E-state index in [1.807, 2.05) is 0 Å². The van der Waals surface area contributed by atoms with Crippen molar-refractivity contribution in [3.05, 3.63) is 35.4 Å². The monoisotopic (exact) mass is 508 g/mol. The number of benzene rings is 1. The summed E-state index contributed by atoms with van der Waals surface area (Å²) in [6, 6.07) is 6.18. The third-order valence-corrected chi connectivity index (χ3v) is 4.15. The second-order valence-electron chi connectivity index (χ2n) is 6.42. The quantitative estimate of drug-likeness (QED) is 0.299. The van der Waals surface area contributed by atoms with Gasteiger partial charge in [0.05, 0.1) is 11.1 Å². The molecule has 8 nitrogen and oxygen atoms in total. The van der Waals surface area contributed by atoms with Gasteiger partial charge in [0.2, 0.25) is 0 Å². The number of rotatable bonds is 0. The largest absolute Gasteiger partial charge is 0.458 e. The number of alkyl halides is 8. The molecule has 0 unspecified atom stereocenters.